The SMILES string of the molecule is C[C@@H](OC(=O)CS[C@H]1CCS(=O)(=O)C1)C(=O)Nc1cccc(C#N)c1. The zero-order valence-corrected chi connectivity index (χ0v) is 15.2. The fraction of sp³-hybridized carbons (Fsp3) is 0.438. The van der Waals surface area contributed by atoms with Gasteiger partial charge in [-0.2, -0.15) is 5.26 Å². The molecule has 0 aromatic heterocycles. The lowest BCUT2D eigenvalue weighted by Gasteiger charge is -2.14. The molecule has 0 bridgehead atoms. The van der Waals surface area contributed by atoms with Gasteiger partial charge in [0.05, 0.1) is 28.9 Å². The summed E-state index contributed by atoms with van der Waals surface area (Å²) in [6.45, 7) is 1.45. The van der Waals surface area contributed by atoms with Crippen LogP contribution in [0, 0.1) is 11.3 Å². The molecule has 25 heavy (non-hydrogen) atoms. The third kappa shape index (κ3) is 6.07. The first-order valence-corrected chi connectivity index (χ1v) is 10.5. The Labute approximate surface area is 150 Å². The maximum absolute atomic E-state index is 12.0. The minimum Gasteiger partial charge on any atom is -0.452 e. The first kappa shape index (κ1) is 19.3. The number of nitrogens with zero attached hydrogens (tertiary/aromatic N) is 1. The molecule has 2 atom stereocenters. The molecule has 1 aromatic rings. The van der Waals surface area contributed by atoms with Crippen LogP contribution in [0.3, 0.4) is 0 Å². The first-order valence-electron chi connectivity index (χ1n) is 7.61. The molecule has 2 rings (SSSR count). The van der Waals surface area contributed by atoms with Crippen LogP contribution in [0.1, 0.15) is 18.9 Å². The Hall–Kier alpha value is -2.05. The summed E-state index contributed by atoms with van der Waals surface area (Å²) in [4.78, 5) is 23.8. The van der Waals surface area contributed by atoms with E-state index in [9.17, 15) is 18.0 Å². The average Bonchev–Trinajstić information content (AvgIpc) is 2.92. The van der Waals surface area contributed by atoms with E-state index >= 15 is 0 Å². The molecule has 1 aliphatic rings. The molecule has 134 valence electrons. The summed E-state index contributed by atoms with van der Waals surface area (Å²) in [6, 6.07) is 8.36. The van der Waals surface area contributed by atoms with Gasteiger partial charge in [0.2, 0.25) is 0 Å². The van der Waals surface area contributed by atoms with Crippen molar-refractivity contribution in [1.29, 1.82) is 5.26 Å². The summed E-state index contributed by atoms with van der Waals surface area (Å²) in [6.07, 6.45) is -0.461. The number of nitrogens with one attached hydrogen (secondary N) is 1. The zero-order chi connectivity index (χ0) is 18.4. The molecule has 1 saturated heterocycles. The van der Waals surface area contributed by atoms with Gasteiger partial charge in [0.25, 0.3) is 5.91 Å². The molecule has 0 aliphatic carbocycles. The highest BCUT2D eigenvalue weighted by Gasteiger charge is 2.29. The van der Waals surface area contributed by atoms with Crippen molar-refractivity contribution in [2.45, 2.75) is 24.7 Å². The average molecular weight is 382 g/mol. The molecule has 9 heteroatoms. The van der Waals surface area contributed by atoms with Crippen LogP contribution in [0.25, 0.3) is 0 Å². The molecule has 0 unspecified atom stereocenters. The number of hydrogen-bond donors (Lipinski definition) is 1. The number of rotatable bonds is 6. The number of hydrogen-bond acceptors (Lipinski definition) is 7. The van der Waals surface area contributed by atoms with E-state index in [1.807, 2.05) is 6.07 Å². The van der Waals surface area contributed by atoms with Gasteiger partial charge in [-0.1, -0.05) is 6.07 Å². The number of sulfone groups is 1. The van der Waals surface area contributed by atoms with Crippen molar-refractivity contribution >= 4 is 39.2 Å². The Morgan fingerprint density at radius 2 is 2.24 bits per heavy atom. The lowest BCUT2D eigenvalue weighted by atomic mass is 10.2. The van der Waals surface area contributed by atoms with Gasteiger partial charge in [-0.3, -0.25) is 9.59 Å². The first-order chi connectivity index (χ1) is 11.8. The third-order valence-corrected chi connectivity index (χ3v) is 6.82. The highest BCUT2D eigenvalue weighted by atomic mass is 32.2. The van der Waals surface area contributed by atoms with Gasteiger partial charge in [-0.25, -0.2) is 8.42 Å². The minimum atomic E-state index is -2.98. The van der Waals surface area contributed by atoms with Crippen LogP contribution in [-0.4, -0.2) is 48.9 Å². The lowest BCUT2D eigenvalue weighted by molar-refractivity contribution is -0.150. The Balaban J connectivity index is 1.78. The van der Waals surface area contributed by atoms with Crippen molar-refractivity contribution in [2.75, 3.05) is 22.6 Å². The van der Waals surface area contributed by atoms with Crippen molar-refractivity contribution in [3.63, 3.8) is 0 Å². The second-order valence-electron chi connectivity index (χ2n) is 5.65. The lowest BCUT2D eigenvalue weighted by Crippen LogP contribution is -2.30. The Bertz CT molecular complexity index is 801. The zero-order valence-electron chi connectivity index (χ0n) is 13.6. The van der Waals surface area contributed by atoms with Crippen LogP contribution in [0.2, 0.25) is 0 Å². The van der Waals surface area contributed by atoms with Crippen molar-refractivity contribution < 1.29 is 22.7 Å². The van der Waals surface area contributed by atoms with E-state index in [0.717, 1.165) is 0 Å². The van der Waals surface area contributed by atoms with E-state index in [2.05, 4.69) is 5.32 Å². The summed E-state index contributed by atoms with van der Waals surface area (Å²) >= 11 is 1.24. The largest absolute Gasteiger partial charge is 0.452 e. The molecule has 1 fully saturated rings. The van der Waals surface area contributed by atoms with Crippen LogP contribution in [0.4, 0.5) is 5.69 Å². The van der Waals surface area contributed by atoms with Gasteiger partial charge in [-0.15, -0.1) is 11.8 Å². The van der Waals surface area contributed by atoms with Crippen LogP contribution >= 0.6 is 11.8 Å². The van der Waals surface area contributed by atoms with Crippen LogP contribution in [0.15, 0.2) is 24.3 Å². The molecule has 7 nitrogen and oxygen atoms in total. The maximum atomic E-state index is 12.0. The monoisotopic (exact) mass is 382 g/mol. The predicted octanol–water partition coefficient (Wildman–Crippen LogP) is 1.35. The summed E-state index contributed by atoms with van der Waals surface area (Å²) in [5.41, 5.74) is 0.850. The fourth-order valence-corrected chi connectivity index (χ4v) is 5.70. The number of nitriles is 1. The molecule has 1 aromatic carbocycles. The second-order valence-corrected chi connectivity index (χ2v) is 9.17. The molecular weight excluding hydrogens is 364 g/mol. The quantitative estimate of drug-likeness (QED) is 0.739. The van der Waals surface area contributed by atoms with Crippen molar-refractivity contribution in [1.82, 2.24) is 0 Å². The van der Waals surface area contributed by atoms with Gasteiger partial charge in [0.1, 0.15) is 0 Å². The molecule has 1 aliphatic heterocycles. The van der Waals surface area contributed by atoms with Gasteiger partial charge in [0.15, 0.2) is 15.9 Å². The number of esters is 1. The molecule has 1 N–H and O–H groups in total. The number of thioether (sulfide) groups is 1. The Morgan fingerprint density at radius 1 is 1.48 bits per heavy atom. The summed E-state index contributed by atoms with van der Waals surface area (Å²) < 4.78 is 27.8. The highest BCUT2D eigenvalue weighted by Crippen LogP contribution is 2.24. The van der Waals surface area contributed by atoms with E-state index in [0.29, 0.717) is 17.7 Å². The predicted molar refractivity (Wildman–Crippen MR) is 94.9 cm³/mol. The summed E-state index contributed by atoms with van der Waals surface area (Å²) in [5, 5.41) is 11.3. The fourth-order valence-electron chi connectivity index (χ4n) is 2.27. The topological polar surface area (TPSA) is 113 Å². The Morgan fingerprint density at radius 3 is 2.88 bits per heavy atom. The van der Waals surface area contributed by atoms with Gasteiger partial charge in [0, 0.05) is 10.9 Å². The summed E-state index contributed by atoms with van der Waals surface area (Å²) in [7, 11) is -2.98. The molecule has 0 saturated carbocycles. The molecule has 1 heterocycles. The van der Waals surface area contributed by atoms with Gasteiger partial charge < -0.3 is 10.1 Å². The standard InChI is InChI=1S/C16H18N2O5S2/c1-11(16(20)18-13-4-2-3-12(7-13)8-17)23-15(19)9-24-14-5-6-25(21,22)10-14/h2-4,7,11,14H,5-6,9-10H2,1H3,(H,18,20)/t11-,14+/m1/s1. The van der Waals surface area contributed by atoms with Crippen LogP contribution in [-0.2, 0) is 24.2 Å². The number of anilines is 1. The van der Waals surface area contributed by atoms with E-state index in [1.54, 1.807) is 18.2 Å². The Kier molecular flexibility index (Phi) is 6.45. The highest BCUT2D eigenvalue weighted by molar-refractivity contribution is 8.02. The van der Waals surface area contributed by atoms with Gasteiger partial charge >= 0.3 is 5.97 Å². The molecule has 1 amide bonds. The number of amides is 1. The van der Waals surface area contributed by atoms with E-state index < -0.39 is 27.8 Å². The smallest absolute Gasteiger partial charge is 0.316 e. The van der Waals surface area contributed by atoms with Gasteiger partial charge in [-0.05, 0) is 31.5 Å². The number of benzene rings is 1. The van der Waals surface area contributed by atoms with E-state index in [4.69, 9.17) is 10.00 Å². The van der Waals surface area contributed by atoms with Crippen molar-refractivity contribution in [3.05, 3.63) is 29.8 Å². The normalized spacial score (nSPS) is 19.6. The van der Waals surface area contributed by atoms with Crippen molar-refractivity contribution in [2.24, 2.45) is 0 Å². The third-order valence-electron chi connectivity index (χ3n) is 3.56. The molecular formula is C16H18N2O5S2. The number of carbonyl (C=O) groups is 2. The van der Waals surface area contributed by atoms with Crippen LogP contribution in [0.5, 0.6) is 0 Å². The summed E-state index contributed by atoms with van der Waals surface area (Å²) in [5.74, 6) is -0.835. The minimum absolute atomic E-state index is 0.00171. The molecule has 0 radical (unpaired) electrons. The van der Waals surface area contributed by atoms with E-state index in [1.165, 1.54) is 24.8 Å². The van der Waals surface area contributed by atoms with E-state index in [-0.39, 0.29) is 22.5 Å². The maximum Gasteiger partial charge on any atom is 0.316 e. The van der Waals surface area contributed by atoms with Crippen LogP contribution < -0.4 is 5.32 Å². The van der Waals surface area contributed by atoms with Crippen molar-refractivity contribution in [3.8, 4) is 6.07 Å². The number of carbonyl (C=O) groups excluding carboxylic acids is 2. The number of ether oxygens (including phenoxy) is 1. The second kappa shape index (κ2) is 8.36. The molecule has 0 spiro atoms.